The van der Waals surface area contributed by atoms with Crippen LogP contribution in [0.15, 0.2) is 11.6 Å². The molecular weight excluding hydrogens is 308 g/mol. The minimum absolute atomic E-state index is 0.0989. The Balaban J connectivity index is 1.60. The quantitative estimate of drug-likeness (QED) is 0.768. The maximum atomic E-state index is 11.9. The molecule has 0 amide bonds. The molecule has 0 aromatic carbocycles. The van der Waals surface area contributed by atoms with Crippen molar-refractivity contribution in [3.63, 3.8) is 0 Å². The van der Waals surface area contributed by atoms with E-state index in [1.54, 1.807) is 0 Å². The van der Waals surface area contributed by atoms with Crippen LogP contribution in [0, 0.1) is 40.9 Å². The van der Waals surface area contributed by atoms with Crippen molar-refractivity contribution in [2.45, 2.75) is 84.7 Å². The fourth-order valence-corrected chi connectivity index (χ4v) is 7.76. The van der Waals surface area contributed by atoms with Crippen LogP contribution in [0.2, 0.25) is 0 Å². The first-order valence-electron chi connectivity index (χ1n) is 10.9. The zero-order chi connectivity index (χ0) is 17.8. The van der Waals surface area contributed by atoms with Crippen LogP contribution in [0.1, 0.15) is 78.6 Å². The highest BCUT2D eigenvalue weighted by Crippen LogP contribution is 2.65. The maximum Gasteiger partial charge on any atom is 0.155 e. The molecule has 4 aliphatic rings. The number of ketones is 1. The molecule has 3 saturated carbocycles. The van der Waals surface area contributed by atoms with E-state index in [0.29, 0.717) is 29.0 Å². The fraction of sp³-hybridized carbons (Fsp3) is 0.870. The highest BCUT2D eigenvalue weighted by molar-refractivity contribution is 5.91. The number of carbonyl (C=O) groups excluding carboxylic acids is 1. The summed E-state index contributed by atoms with van der Waals surface area (Å²) in [6.07, 6.45) is 12.1. The van der Waals surface area contributed by atoms with Crippen molar-refractivity contribution in [1.82, 2.24) is 0 Å². The SMILES string of the molecule is CCC[C@H](O)[C@@H]1CC[C@@H]2[C@H]3[C@H](CC[C@@]21C)[C@H]1CCC(=O)C=C1C[C@H]3C. The molecule has 1 N–H and O–H groups in total. The van der Waals surface area contributed by atoms with E-state index in [1.165, 1.54) is 31.3 Å². The number of aliphatic hydroxyl groups is 1. The molecule has 0 aliphatic heterocycles. The second-order valence-electron chi connectivity index (χ2n) is 9.94. The summed E-state index contributed by atoms with van der Waals surface area (Å²) in [4.78, 5) is 11.9. The molecule has 0 bridgehead atoms. The van der Waals surface area contributed by atoms with E-state index in [4.69, 9.17) is 0 Å². The Kier molecular flexibility index (Phi) is 4.63. The van der Waals surface area contributed by atoms with Crippen molar-refractivity contribution in [1.29, 1.82) is 0 Å². The Hall–Kier alpha value is -0.630. The Morgan fingerprint density at radius 1 is 1.28 bits per heavy atom. The van der Waals surface area contributed by atoms with Crippen molar-refractivity contribution in [3.05, 3.63) is 11.6 Å². The molecule has 0 saturated heterocycles. The molecule has 2 nitrogen and oxygen atoms in total. The van der Waals surface area contributed by atoms with Crippen LogP contribution in [-0.4, -0.2) is 17.0 Å². The summed E-state index contributed by atoms with van der Waals surface area (Å²) in [5, 5.41) is 10.8. The Morgan fingerprint density at radius 3 is 2.84 bits per heavy atom. The van der Waals surface area contributed by atoms with Gasteiger partial charge in [0, 0.05) is 6.42 Å². The summed E-state index contributed by atoms with van der Waals surface area (Å²) in [6, 6.07) is 0. The van der Waals surface area contributed by atoms with Gasteiger partial charge in [0.15, 0.2) is 5.78 Å². The van der Waals surface area contributed by atoms with Gasteiger partial charge in [-0.1, -0.05) is 32.8 Å². The average molecular weight is 345 g/mol. The molecular formula is C23H36O2. The number of allylic oxidation sites excluding steroid dienone is 1. The molecule has 0 heterocycles. The second kappa shape index (κ2) is 6.51. The molecule has 0 radical (unpaired) electrons. The van der Waals surface area contributed by atoms with Crippen molar-refractivity contribution in [2.75, 3.05) is 0 Å². The average Bonchev–Trinajstić information content (AvgIpc) is 2.91. The summed E-state index contributed by atoms with van der Waals surface area (Å²) in [7, 11) is 0. The molecule has 4 rings (SSSR count). The van der Waals surface area contributed by atoms with E-state index in [0.717, 1.165) is 49.9 Å². The largest absolute Gasteiger partial charge is 0.393 e. The minimum Gasteiger partial charge on any atom is -0.393 e. The first-order chi connectivity index (χ1) is 12.0. The van der Waals surface area contributed by atoms with Crippen LogP contribution >= 0.6 is 0 Å². The molecule has 0 aromatic rings. The monoisotopic (exact) mass is 344 g/mol. The van der Waals surface area contributed by atoms with E-state index in [2.05, 4.69) is 20.8 Å². The van der Waals surface area contributed by atoms with Crippen molar-refractivity contribution < 1.29 is 9.90 Å². The number of hydrogen-bond acceptors (Lipinski definition) is 2. The van der Waals surface area contributed by atoms with Crippen LogP contribution < -0.4 is 0 Å². The molecule has 4 aliphatic carbocycles. The van der Waals surface area contributed by atoms with E-state index in [1.807, 2.05) is 6.08 Å². The summed E-state index contributed by atoms with van der Waals surface area (Å²) in [6.45, 7) is 7.14. The third kappa shape index (κ3) is 2.74. The molecule has 2 heteroatoms. The summed E-state index contributed by atoms with van der Waals surface area (Å²) < 4.78 is 0. The molecule has 3 fully saturated rings. The zero-order valence-electron chi connectivity index (χ0n) is 16.3. The van der Waals surface area contributed by atoms with E-state index >= 15 is 0 Å². The molecule has 140 valence electrons. The van der Waals surface area contributed by atoms with Gasteiger partial charge < -0.3 is 5.11 Å². The second-order valence-corrected chi connectivity index (χ2v) is 9.94. The lowest BCUT2D eigenvalue weighted by Crippen LogP contribution is -2.50. The van der Waals surface area contributed by atoms with Crippen molar-refractivity contribution in [2.24, 2.45) is 40.9 Å². The fourth-order valence-electron chi connectivity index (χ4n) is 7.76. The first kappa shape index (κ1) is 17.8. The maximum absolute atomic E-state index is 11.9. The van der Waals surface area contributed by atoms with Gasteiger partial charge in [-0.3, -0.25) is 4.79 Å². The standard InChI is InChI=1S/C23H36O2/c1-4-5-21(25)19-8-9-20-22-14(2)12-15-13-16(24)6-7-17(15)18(22)10-11-23(19,20)3/h13-14,17-22,25H,4-12H2,1-3H3/t14-,17+,18-,19+,20-,21+,22-,23-/m1/s1. The van der Waals surface area contributed by atoms with Crippen LogP contribution in [0.3, 0.4) is 0 Å². The summed E-state index contributed by atoms with van der Waals surface area (Å²) in [5.41, 5.74) is 1.82. The highest BCUT2D eigenvalue weighted by atomic mass is 16.3. The molecule has 0 spiro atoms. The smallest absolute Gasteiger partial charge is 0.155 e. The lowest BCUT2D eigenvalue weighted by Gasteiger charge is -2.56. The van der Waals surface area contributed by atoms with Crippen LogP contribution in [0.4, 0.5) is 0 Å². The van der Waals surface area contributed by atoms with Gasteiger partial charge >= 0.3 is 0 Å². The topological polar surface area (TPSA) is 37.3 Å². The third-order valence-corrected chi connectivity index (χ3v) is 8.76. The molecule has 25 heavy (non-hydrogen) atoms. The van der Waals surface area contributed by atoms with Gasteiger partial charge in [0.2, 0.25) is 0 Å². The number of carbonyl (C=O) groups is 1. The van der Waals surface area contributed by atoms with Gasteiger partial charge in [-0.05, 0) is 91.9 Å². The number of aliphatic hydroxyl groups excluding tert-OH is 1. The number of fused-ring (bicyclic) bond motifs is 5. The summed E-state index contributed by atoms with van der Waals surface area (Å²) in [5.74, 6) is 4.65. The van der Waals surface area contributed by atoms with Gasteiger partial charge in [-0.15, -0.1) is 0 Å². The van der Waals surface area contributed by atoms with Crippen molar-refractivity contribution in [3.8, 4) is 0 Å². The van der Waals surface area contributed by atoms with Gasteiger partial charge in [0.25, 0.3) is 0 Å². The van der Waals surface area contributed by atoms with Crippen LogP contribution in [0.25, 0.3) is 0 Å². The van der Waals surface area contributed by atoms with Gasteiger partial charge in [0.1, 0.15) is 0 Å². The molecule has 0 unspecified atom stereocenters. The zero-order valence-corrected chi connectivity index (χ0v) is 16.3. The lowest BCUT2D eigenvalue weighted by molar-refractivity contribution is -0.116. The first-order valence-corrected chi connectivity index (χ1v) is 10.9. The van der Waals surface area contributed by atoms with Gasteiger partial charge in [0.05, 0.1) is 6.10 Å². The van der Waals surface area contributed by atoms with E-state index < -0.39 is 0 Å². The van der Waals surface area contributed by atoms with Crippen LogP contribution in [-0.2, 0) is 4.79 Å². The Bertz CT molecular complexity index is 564. The minimum atomic E-state index is -0.0989. The lowest BCUT2D eigenvalue weighted by atomic mass is 9.48. The van der Waals surface area contributed by atoms with Crippen molar-refractivity contribution >= 4 is 5.78 Å². The predicted octanol–water partition coefficient (Wildman–Crippen LogP) is 5.15. The Morgan fingerprint density at radius 2 is 2.08 bits per heavy atom. The normalized spacial score (nSPS) is 47.5. The molecule has 0 aromatic heterocycles. The van der Waals surface area contributed by atoms with E-state index in [9.17, 15) is 9.90 Å². The predicted molar refractivity (Wildman–Crippen MR) is 101 cm³/mol. The highest BCUT2D eigenvalue weighted by Gasteiger charge is 2.58. The summed E-state index contributed by atoms with van der Waals surface area (Å²) >= 11 is 0. The van der Waals surface area contributed by atoms with Gasteiger partial charge in [-0.25, -0.2) is 0 Å². The van der Waals surface area contributed by atoms with Gasteiger partial charge in [-0.2, -0.15) is 0 Å². The number of rotatable bonds is 3. The van der Waals surface area contributed by atoms with E-state index in [-0.39, 0.29) is 6.10 Å². The Labute approximate surface area is 153 Å². The molecule has 8 atom stereocenters. The number of hydrogen-bond donors (Lipinski definition) is 1. The van der Waals surface area contributed by atoms with Crippen LogP contribution in [0.5, 0.6) is 0 Å². The third-order valence-electron chi connectivity index (χ3n) is 8.76.